The Hall–Kier alpha value is -3.60. The number of hydrogen-bond acceptors (Lipinski definition) is 11. The van der Waals surface area contributed by atoms with Gasteiger partial charge in [-0.2, -0.15) is 0 Å². The molecule has 0 fully saturated rings. The molecule has 0 atom stereocenters. The Morgan fingerprint density at radius 3 is 2.43 bits per heavy atom. The molecule has 0 aliphatic heterocycles. The molecule has 145 valence electrons. The van der Waals surface area contributed by atoms with Gasteiger partial charge in [0.1, 0.15) is 5.69 Å². The molecule has 1 aromatic carbocycles. The van der Waals surface area contributed by atoms with E-state index in [-0.39, 0.29) is 33.6 Å². The van der Waals surface area contributed by atoms with Crippen molar-refractivity contribution >= 4 is 46.2 Å². The number of rotatable bonds is 8. The highest BCUT2D eigenvalue weighted by molar-refractivity contribution is 7.13. The number of nitrogens with two attached hydrogens (primary N) is 1. The number of oxime groups is 1. The van der Waals surface area contributed by atoms with Crippen LogP contribution in [0.5, 0.6) is 11.5 Å². The smallest absolute Gasteiger partial charge is 0.308 e. The summed E-state index contributed by atoms with van der Waals surface area (Å²) in [5.41, 5.74) is 5.51. The second kappa shape index (κ2) is 9.37. The first kappa shape index (κ1) is 20.7. The number of aromatic nitrogens is 1. The average molecular weight is 404 g/mol. The molecule has 0 spiro atoms. The van der Waals surface area contributed by atoms with E-state index in [4.69, 9.17) is 20.0 Å². The Morgan fingerprint density at radius 1 is 1.18 bits per heavy atom. The second-order valence-corrected chi connectivity index (χ2v) is 6.05. The highest BCUT2D eigenvalue weighted by Crippen LogP contribution is 2.29. The summed E-state index contributed by atoms with van der Waals surface area (Å²) in [5.74, 6) is -1.93. The molecule has 2 rings (SSSR count). The van der Waals surface area contributed by atoms with Crippen molar-refractivity contribution in [2.75, 3.05) is 12.3 Å². The fraction of sp³-hybridized carbons (Fsp3) is 0.176. The van der Waals surface area contributed by atoms with Crippen LogP contribution in [0.1, 0.15) is 29.9 Å². The van der Waals surface area contributed by atoms with Crippen molar-refractivity contribution in [1.29, 1.82) is 0 Å². The summed E-state index contributed by atoms with van der Waals surface area (Å²) < 4.78 is 9.87. The van der Waals surface area contributed by atoms with E-state index >= 15 is 0 Å². The van der Waals surface area contributed by atoms with E-state index in [1.165, 1.54) is 30.5 Å². The second-order valence-electron chi connectivity index (χ2n) is 5.16. The van der Waals surface area contributed by atoms with Crippen LogP contribution in [0, 0.1) is 0 Å². The zero-order valence-corrected chi connectivity index (χ0v) is 15.6. The van der Waals surface area contributed by atoms with Gasteiger partial charge >= 0.3 is 11.9 Å². The number of ether oxygens (including phenoxy) is 2. The molecule has 2 N–H and O–H groups in total. The predicted octanol–water partition coefficient (Wildman–Crippen LogP) is 1.29. The maximum atomic E-state index is 12.3. The lowest BCUT2D eigenvalue weighted by atomic mass is 10.1. The molecule has 0 unspecified atom stereocenters. The fourth-order valence-corrected chi connectivity index (χ4v) is 2.46. The molecule has 0 bridgehead atoms. The van der Waals surface area contributed by atoms with Crippen LogP contribution in [0.3, 0.4) is 0 Å². The molecule has 1 radical (unpaired) electrons. The topological polar surface area (TPSA) is 147 Å². The van der Waals surface area contributed by atoms with Crippen LogP contribution in [0.25, 0.3) is 0 Å². The third-order valence-electron chi connectivity index (χ3n) is 2.99. The molecular weight excluding hydrogens is 390 g/mol. The first-order chi connectivity index (χ1) is 13.3. The number of carbonyl (C=O) groups excluding carboxylic acids is 4. The zero-order chi connectivity index (χ0) is 20.7. The highest BCUT2D eigenvalue weighted by Gasteiger charge is 2.16. The minimum Gasteiger partial charge on any atom is -0.423 e. The molecule has 0 aliphatic carbocycles. The number of carbonyl (C=O) groups is 3. The quantitative estimate of drug-likeness (QED) is 0.226. The lowest BCUT2D eigenvalue weighted by molar-refractivity contribution is -0.134. The number of esters is 2. The molecule has 0 saturated carbocycles. The van der Waals surface area contributed by atoms with E-state index in [9.17, 15) is 19.2 Å². The van der Waals surface area contributed by atoms with E-state index in [2.05, 4.69) is 10.1 Å². The van der Waals surface area contributed by atoms with Gasteiger partial charge in [0.05, 0.1) is 0 Å². The van der Waals surface area contributed by atoms with Gasteiger partial charge in [-0.05, 0) is 18.2 Å². The SMILES string of the molecule is CC(=O)Oc1ccc(C(=O)CON=C([C]=O)c2csc(N)n2)cc1OC(C)=O. The number of ketones is 1. The molecule has 0 amide bonds. The molecule has 0 saturated heterocycles. The Morgan fingerprint density at radius 2 is 1.86 bits per heavy atom. The predicted molar refractivity (Wildman–Crippen MR) is 98.1 cm³/mol. The van der Waals surface area contributed by atoms with Gasteiger partial charge in [0, 0.05) is 24.8 Å². The summed E-state index contributed by atoms with van der Waals surface area (Å²) in [4.78, 5) is 54.3. The van der Waals surface area contributed by atoms with E-state index in [1.54, 1.807) is 6.29 Å². The maximum Gasteiger partial charge on any atom is 0.308 e. The van der Waals surface area contributed by atoms with Crippen LogP contribution in [0.4, 0.5) is 5.13 Å². The number of Topliss-reactive ketones (excluding diaryl/α,β-unsaturated/α-hetero) is 1. The monoisotopic (exact) mass is 404 g/mol. The Bertz CT molecular complexity index is 952. The van der Waals surface area contributed by atoms with Gasteiger partial charge in [-0.25, -0.2) is 4.98 Å². The molecule has 0 aliphatic rings. The minimum absolute atomic E-state index is 0.0165. The zero-order valence-electron chi connectivity index (χ0n) is 14.8. The van der Waals surface area contributed by atoms with Crippen LogP contribution >= 0.6 is 11.3 Å². The molecule has 11 heteroatoms. The molecule has 10 nitrogen and oxygen atoms in total. The van der Waals surface area contributed by atoms with Crippen molar-refractivity contribution in [3.63, 3.8) is 0 Å². The minimum atomic E-state index is -0.660. The lowest BCUT2D eigenvalue weighted by Gasteiger charge is -2.10. The Balaban J connectivity index is 2.12. The number of nitrogens with zero attached hydrogens (tertiary/aromatic N) is 2. The third-order valence-corrected chi connectivity index (χ3v) is 3.66. The summed E-state index contributed by atoms with van der Waals surface area (Å²) in [6, 6.07) is 3.89. The number of anilines is 1. The van der Waals surface area contributed by atoms with Gasteiger partial charge in [0.15, 0.2) is 28.9 Å². The number of nitrogen functional groups attached to an aromatic ring is 1. The van der Waals surface area contributed by atoms with E-state index in [0.717, 1.165) is 18.3 Å². The Kier molecular flexibility index (Phi) is 6.93. The molecule has 2 aromatic rings. The van der Waals surface area contributed by atoms with Crippen LogP contribution in [0.2, 0.25) is 0 Å². The number of benzene rings is 1. The molecule has 28 heavy (non-hydrogen) atoms. The molecule has 1 aromatic heterocycles. The summed E-state index contributed by atoms with van der Waals surface area (Å²) >= 11 is 1.10. The van der Waals surface area contributed by atoms with Crippen molar-refractivity contribution in [3.8, 4) is 11.5 Å². The molecular formula is C17H14N3O7S. The van der Waals surface area contributed by atoms with E-state index < -0.39 is 24.3 Å². The van der Waals surface area contributed by atoms with Crippen LogP contribution in [-0.4, -0.2) is 41.3 Å². The summed E-state index contributed by atoms with van der Waals surface area (Å²) in [6.45, 7) is 1.82. The van der Waals surface area contributed by atoms with Gasteiger partial charge in [-0.15, -0.1) is 11.3 Å². The third kappa shape index (κ3) is 5.71. The van der Waals surface area contributed by atoms with Gasteiger partial charge in [-0.3, -0.25) is 19.2 Å². The average Bonchev–Trinajstić information content (AvgIpc) is 3.05. The number of thiazole rings is 1. The van der Waals surface area contributed by atoms with Crippen LogP contribution < -0.4 is 15.2 Å². The largest absolute Gasteiger partial charge is 0.423 e. The fourth-order valence-electron chi connectivity index (χ4n) is 1.91. The standard InChI is InChI=1S/C17H14N3O7S/c1-9(22)26-15-4-3-11(5-16(15)27-10(2)23)14(24)7-25-20-12(6-21)13-8-28-17(18)19-13/h3-5,8H,7H2,1-2H3,(H2,18,19). The summed E-state index contributed by atoms with van der Waals surface area (Å²) in [6.07, 6.45) is 1.55. The molecule has 1 heterocycles. The number of hydrogen-bond donors (Lipinski definition) is 1. The van der Waals surface area contributed by atoms with E-state index in [0.29, 0.717) is 0 Å². The Labute approximate surface area is 162 Å². The summed E-state index contributed by atoms with van der Waals surface area (Å²) in [7, 11) is 0. The van der Waals surface area contributed by atoms with Crippen molar-refractivity contribution in [1.82, 2.24) is 4.98 Å². The maximum absolute atomic E-state index is 12.3. The van der Waals surface area contributed by atoms with Crippen molar-refractivity contribution in [2.24, 2.45) is 5.16 Å². The first-order valence-electron chi connectivity index (χ1n) is 7.63. The normalized spacial score (nSPS) is 10.9. The van der Waals surface area contributed by atoms with Crippen molar-refractivity contribution < 1.29 is 33.5 Å². The lowest BCUT2D eigenvalue weighted by Crippen LogP contribution is -2.12. The van der Waals surface area contributed by atoms with Crippen molar-refractivity contribution in [2.45, 2.75) is 13.8 Å². The van der Waals surface area contributed by atoms with Gasteiger partial charge in [0.2, 0.25) is 5.78 Å². The van der Waals surface area contributed by atoms with Gasteiger partial charge in [-0.1, -0.05) is 5.16 Å². The van der Waals surface area contributed by atoms with Crippen molar-refractivity contribution in [3.05, 3.63) is 34.8 Å². The van der Waals surface area contributed by atoms with Crippen LogP contribution in [-0.2, 0) is 19.2 Å². The van der Waals surface area contributed by atoms with Gasteiger partial charge in [0.25, 0.3) is 6.29 Å². The van der Waals surface area contributed by atoms with Gasteiger partial charge < -0.3 is 20.0 Å². The summed E-state index contributed by atoms with van der Waals surface area (Å²) in [5, 5.41) is 5.25. The van der Waals surface area contributed by atoms with Crippen LogP contribution in [0.15, 0.2) is 28.7 Å². The highest BCUT2D eigenvalue weighted by atomic mass is 32.1. The first-order valence-corrected chi connectivity index (χ1v) is 8.51. The van der Waals surface area contributed by atoms with E-state index in [1.807, 2.05) is 0 Å².